The molecule has 5 nitrogen and oxygen atoms in total. The van der Waals surface area contributed by atoms with Crippen LogP contribution in [0.1, 0.15) is 34.7 Å². The minimum absolute atomic E-state index is 0.0884. The average molecular weight is 280 g/mol. The van der Waals surface area contributed by atoms with Gasteiger partial charge in [0.25, 0.3) is 5.91 Å². The van der Waals surface area contributed by atoms with Gasteiger partial charge in [0, 0.05) is 29.8 Å². The molecule has 0 saturated carbocycles. The van der Waals surface area contributed by atoms with Gasteiger partial charge in [-0.3, -0.25) is 9.78 Å². The van der Waals surface area contributed by atoms with E-state index in [2.05, 4.69) is 11.9 Å². The van der Waals surface area contributed by atoms with E-state index < -0.39 is 5.97 Å². The lowest BCUT2D eigenvalue weighted by Crippen LogP contribution is -2.48. The molecule has 2 unspecified atom stereocenters. The van der Waals surface area contributed by atoms with E-state index >= 15 is 0 Å². The third-order valence-electron chi connectivity index (χ3n) is 3.37. The Balaban J connectivity index is 2.23. The maximum atomic E-state index is 12.4. The first-order valence-corrected chi connectivity index (χ1v) is 7.17. The standard InChI is InChI=1S/C13H16N2O3S/c1-8-9(2)19-6-5-15(8)12(16)11-7-10(13(17)18)3-4-14-11/h3-4,7-9H,5-6H2,1-2H3,(H,17,18). The topological polar surface area (TPSA) is 70.5 Å². The van der Waals surface area contributed by atoms with Crippen LogP contribution in [0.25, 0.3) is 0 Å². The van der Waals surface area contributed by atoms with Crippen LogP contribution in [0.15, 0.2) is 18.3 Å². The second-order valence-corrected chi connectivity index (χ2v) is 6.04. The normalized spacial score (nSPS) is 23.2. The summed E-state index contributed by atoms with van der Waals surface area (Å²) < 4.78 is 0. The van der Waals surface area contributed by atoms with Gasteiger partial charge in [0.1, 0.15) is 5.69 Å². The molecule has 0 aliphatic carbocycles. The molecular weight excluding hydrogens is 264 g/mol. The van der Waals surface area contributed by atoms with Crippen LogP contribution in [0, 0.1) is 0 Å². The smallest absolute Gasteiger partial charge is 0.335 e. The van der Waals surface area contributed by atoms with E-state index in [1.165, 1.54) is 18.3 Å². The van der Waals surface area contributed by atoms with Gasteiger partial charge < -0.3 is 10.0 Å². The molecule has 1 aromatic heterocycles. The highest BCUT2D eigenvalue weighted by Gasteiger charge is 2.30. The summed E-state index contributed by atoms with van der Waals surface area (Å²) in [6, 6.07) is 2.85. The van der Waals surface area contributed by atoms with E-state index in [0.717, 1.165) is 5.75 Å². The number of carboxylic acids is 1. The molecule has 1 aliphatic rings. The molecule has 1 amide bonds. The third kappa shape index (κ3) is 2.89. The van der Waals surface area contributed by atoms with Crippen molar-refractivity contribution in [2.45, 2.75) is 25.1 Å². The number of nitrogens with zero attached hydrogens (tertiary/aromatic N) is 2. The number of hydrogen-bond donors (Lipinski definition) is 1. The number of aromatic carboxylic acids is 1. The maximum absolute atomic E-state index is 12.4. The average Bonchev–Trinajstić information content (AvgIpc) is 2.41. The Labute approximate surface area is 116 Å². The van der Waals surface area contributed by atoms with E-state index in [1.807, 2.05) is 18.7 Å². The van der Waals surface area contributed by atoms with E-state index in [0.29, 0.717) is 11.8 Å². The quantitative estimate of drug-likeness (QED) is 0.893. The number of carbonyl (C=O) groups is 2. The Hall–Kier alpha value is -1.56. The van der Waals surface area contributed by atoms with Crippen LogP contribution in [-0.4, -0.2) is 50.5 Å². The minimum Gasteiger partial charge on any atom is -0.478 e. The van der Waals surface area contributed by atoms with Crippen molar-refractivity contribution < 1.29 is 14.7 Å². The van der Waals surface area contributed by atoms with Gasteiger partial charge in [0.15, 0.2) is 0 Å². The molecule has 2 rings (SSSR count). The van der Waals surface area contributed by atoms with Crippen molar-refractivity contribution in [3.63, 3.8) is 0 Å². The van der Waals surface area contributed by atoms with Crippen LogP contribution in [0.2, 0.25) is 0 Å². The van der Waals surface area contributed by atoms with Gasteiger partial charge in [-0.1, -0.05) is 6.92 Å². The second kappa shape index (κ2) is 5.61. The predicted molar refractivity (Wildman–Crippen MR) is 73.6 cm³/mol. The molecule has 0 radical (unpaired) electrons. The first kappa shape index (κ1) is 13.9. The van der Waals surface area contributed by atoms with Crippen LogP contribution in [0.4, 0.5) is 0 Å². The number of carbonyl (C=O) groups excluding carboxylic acids is 1. The molecule has 1 N–H and O–H groups in total. The number of carboxylic acid groups (broad SMARTS) is 1. The summed E-state index contributed by atoms with van der Waals surface area (Å²) in [5.41, 5.74) is 0.288. The summed E-state index contributed by atoms with van der Waals surface area (Å²) in [6.07, 6.45) is 1.36. The molecule has 2 atom stereocenters. The molecule has 6 heteroatoms. The fourth-order valence-electron chi connectivity index (χ4n) is 2.05. The van der Waals surface area contributed by atoms with Gasteiger partial charge in [-0.05, 0) is 19.1 Å². The van der Waals surface area contributed by atoms with E-state index in [1.54, 1.807) is 4.90 Å². The van der Waals surface area contributed by atoms with E-state index in [-0.39, 0.29) is 23.2 Å². The number of amides is 1. The van der Waals surface area contributed by atoms with Gasteiger partial charge in [0.2, 0.25) is 0 Å². The van der Waals surface area contributed by atoms with Gasteiger partial charge in [-0.15, -0.1) is 0 Å². The number of hydrogen-bond acceptors (Lipinski definition) is 4. The van der Waals surface area contributed by atoms with Crippen LogP contribution in [-0.2, 0) is 0 Å². The van der Waals surface area contributed by atoms with Gasteiger partial charge in [-0.25, -0.2) is 4.79 Å². The van der Waals surface area contributed by atoms with E-state index in [4.69, 9.17) is 5.11 Å². The molecule has 1 aliphatic heterocycles. The molecule has 1 saturated heterocycles. The zero-order valence-electron chi connectivity index (χ0n) is 10.9. The summed E-state index contributed by atoms with van der Waals surface area (Å²) in [4.78, 5) is 29.1. The molecule has 0 bridgehead atoms. The minimum atomic E-state index is -1.05. The maximum Gasteiger partial charge on any atom is 0.335 e. The first-order chi connectivity index (χ1) is 9.00. The summed E-state index contributed by atoms with van der Waals surface area (Å²) in [7, 11) is 0. The Kier molecular flexibility index (Phi) is 4.09. The third-order valence-corrected chi connectivity index (χ3v) is 4.71. The molecular formula is C13H16N2O3S. The largest absolute Gasteiger partial charge is 0.478 e. The first-order valence-electron chi connectivity index (χ1n) is 6.12. The Morgan fingerprint density at radius 1 is 1.47 bits per heavy atom. The zero-order chi connectivity index (χ0) is 14.0. The fourth-order valence-corrected chi connectivity index (χ4v) is 3.15. The number of pyridine rings is 1. The van der Waals surface area contributed by atoms with Crippen molar-refractivity contribution in [3.05, 3.63) is 29.6 Å². The summed E-state index contributed by atoms with van der Waals surface area (Å²) in [5, 5.41) is 9.31. The van der Waals surface area contributed by atoms with Crippen LogP contribution >= 0.6 is 11.8 Å². The molecule has 1 aromatic rings. The highest BCUT2D eigenvalue weighted by atomic mass is 32.2. The van der Waals surface area contributed by atoms with Crippen molar-refractivity contribution in [1.29, 1.82) is 0 Å². The predicted octanol–water partition coefficient (Wildman–Crippen LogP) is 1.75. The summed E-state index contributed by atoms with van der Waals surface area (Å²) in [5.74, 6) is -0.342. The van der Waals surface area contributed by atoms with Crippen molar-refractivity contribution in [3.8, 4) is 0 Å². The highest BCUT2D eigenvalue weighted by Crippen LogP contribution is 2.25. The lowest BCUT2D eigenvalue weighted by Gasteiger charge is -2.37. The molecule has 1 fully saturated rings. The number of thioether (sulfide) groups is 1. The summed E-state index contributed by atoms with van der Waals surface area (Å²) >= 11 is 1.84. The van der Waals surface area contributed by atoms with Crippen LogP contribution < -0.4 is 0 Å². The molecule has 0 spiro atoms. The Bertz CT molecular complexity index is 506. The number of rotatable bonds is 2. The lowest BCUT2D eigenvalue weighted by molar-refractivity contribution is 0.0692. The van der Waals surface area contributed by atoms with Crippen molar-refractivity contribution in [1.82, 2.24) is 9.88 Å². The van der Waals surface area contributed by atoms with Gasteiger partial charge in [-0.2, -0.15) is 11.8 Å². The van der Waals surface area contributed by atoms with Crippen LogP contribution in [0.3, 0.4) is 0 Å². The zero-order valence-corrected chi connectivity index (χ0v) is 11.7. The second-order valence-electron chi connectivity index (χ2n) is 4.55. The van der Waals surface area contributed by atoms with Crippen molar-refractivity contribution in [2.75, 3.05) is 12.3 Å². The van der Waals surface area contributed by atoms with Crippen molar-refractivity contribution >= 4 is 23.6 Å². The number of aromatic nitrogens is 1. The molecule has 102 valence electrons. The summed E-state index contributed by atoms with van der Waals surface area (Å²) in [6.45, 7) is 4.78. The molecule has 2 heterocycles. The lowest BCUT2D eigenvalue weighted by atomic mass is 10.1. The molecule has 0 aromatic carbocycles. The Morgan fingerprint density at radius 2 is 2.21 bits per heavy atom. The SMILES string of the molecule is CC1SCCN(C(=O)c2cc(C(=O)O)ccn2)C1C. The monoisotopic (exact) mass is 280 g/mol. The highest BCUT2D eigenvalue weighted by molar-refractivity contribution is 8.00. The van der Waals surface area contributed by atoms with E-state index in [9.17, 15) is 9.59 Å². The van der Waals surface area contributed by atoms with Gasteiger partial charge in [0.05, 0.1) is 5.56 Å². The van der Waals surface area contributed by atoms with Gasteiger partial charge >= 0.3 is 5.97 Å². The Morgan fingerprint density at radius 3 is 2.89 bits per heavy atom. The van der Waals surface area contributed by atoms with Crippen molar-refractivity contribution in [2.24, 2.45) is 0 Å². The molecule has 19 heavy (non-hydrogen) atoms. The fraction of sp³-hybridized carbons (Fsp3) is 0.462. The van der Waals surface area contributed by atoms with Crippen LogP contribution in [0.5, 0.6) is 0 Å².